The minimum atomic E-state index is 0.388. The van der Waals surface area contributed by atoms with Crippen LogP contribution < -0.4 is 5.32 Å². The molecule has 1 N–H and O–H groups in total. The SMILES string of the molecule is C1=CC2=NCCNC2C=C1. The Labute approximate surface area is 60.3 Å². The first-order valence-electron chi connectivity index (χ1n) is 3.59. The van der Waals surface area contributed by atoms with Crippen molar-refractivity contribution in [2.75, 3.05) is 13.1 Å². The van der Waals surface area contributed by atoms with Gasteiger partial charge in [0.15, 0.2) is 0 Å². The summed E-state index contributed by atoms with van der Waals surface area (Å²) in [6, 6.07) is 0.388. The van der Waals surface area contributed by atoms with E-state index in [0.29, 0.717) is 6.04 Å². The number of allylic oxidation sites excluding steroid dienone is 2. The molecule has 52 valence electrons. The molecule has 0 aromatic carbocycles. The van der Waals surface area contributed by atoms with Gasteiger partial charge in [0, 0.05) is 6.54 Å². The highest BCUT2D eigenvalue weighted by Gasteiger charge is 2.14. The molecule has 2 rings (SSSR count). The van der Waals surface area contributed by atoms with Gasteiger partial charge >= 0.3 is 0 Å². The lowest BCUT2D eigenvalue weighted by Gasteiger charge is -2.21. The molecule has 0 saturated carbocycles. The van der Waals surface area contributed by atoms with E-state index in [1.807, 2.05) is 6.08 Å². The predicted molar refractivity (Wildman–Crippen MR) is 42.4 cm³/mol. The number of fused-ring (bicyclic) bond motifs is 1. The Balaban J connectivity index is 2.27. The Kier molecular flexibility index (Phi) is 1.40. The molecule has 1 unspecified atom stereocenters. The molecule has 0 aromatic rings. The molecular weight excluding hydrogens is 124 g/mol. The number of nitrogens with one attached hydrogen (secondary N) is 1. The van der Waals surface area contributed by atoms with Gasteiger partial charge < -0.3 is 5.32 Å². The third-order valence-electron chi connectivity index (χ3n) is 1.77. The minimum Gasteiger partial charge on any atom is -0.304 e. The lowest BCUT2D eigenvalue weighted by molar-refractivity contribution is 0.668. The fourth-order valence-electron chi connectivity index (χ4n) is 1.26. The number of nitrogens with zero attached hydrogens (tertiary/aromatic N) is 1. The fourth-order valence-corrected chi connectivity index (χ4v) is 1.26. The molecule has 0 spiro atoms. The first kappa shape index (κ1) is 5.86. The number of hydrogen-bond acceptors (Lipinski definition) is 2. The average molecular weight is 134 g/mol. The van der Waals surface area contributed by atoms with Gasteiger partial charge in [-0.1, -0.05) is 18.2 Å². The molecular formula is C8H10N2. The zero-order valence-corrected chi connectivity index (χ0v) is 5.75. The van der Waals surface area contributed by atoms with E-state index < -0.39 is 0 Å². The lowest BCUT2D eigenvalue weighted by atomic mass is 10.1. The Morgan fingerprint density at radius 3 is 3.40 bits per heavy atom. The molecule has 1 aliphatic heterocycles. The first-order valence-corrected chi connectivity index (χ1v) is 3.59. The van der Waals surface area contributed by atoms with Crippen molar-refractivity contribution in [2.24, 2.45) is 4.99 Å². The van der Waals surface area contributed by atoms with Crippen LogP contribution in [0.2, 0.25) is 0 Å². The van der Waals surface area contributed by atoms with Gasteiger partial charge in [-0.15, -0.1) is 0 Å². The summed E-state index contributed by atoms with van der Waals surface area (Å²) >= 11 is 0. The second-order valence-corrected chi connectivity index (χ2v) is 2.48. The Morgan fingerprint density at radius 1 is 1.50 bits per heavy atom. The van der Waals surface area contributed by atoms with E-state index >= 15 is 0 Å². The van der Waals surface area contributed by atoms with Crippen LogP contribution in [-0.2, 0) is 0 Å². The highest BCUT2D eigenvalue weighted by molar-refractivity contribution is 6.02. The van der Waals surface area contributed by atoms with Gasteiger partial charge in [-0.25, -0.2) is 0 Å². The van der Waals surface area contributed by atoms with Crippen molar-refractivity contribution >= 4 is 5.71 Å². The topological polar surface area (TPSA) is 24.4 Å². The molecule has 1 atom stereocenters. The van der Waals surface area contributed by atoms with E-state index in [0.717, 1.165) is 13.1 Å². The van der Waals surface area contributed by atoms with E-state index in [4.69, 9.17) is 0 Å². The van der Waals surface area contributed by atoms with Crippen molar-refractivity contribution in [1.82, 2.24) is 5.32 Å². The van der Waals surface area contributed by atoms with Crippen molar-refractivity contribution < 1.29 is 0 Å². The molecule has 0 radical (unpaired) electrons. The van der Waals surface area contributed by atoms with Crippen LogP contribution >= 0.6 is 0 Å². The van der Waals surface area contributed by atoms with Crippen LogP contribution in [0.5, 0.6) is 0 Å². The van der Waals surface area contributed by atoms with E-state index in [1.165, 1.54) is 5.71 Å². The molecule has 2 nitrogen and oxygen atoms in total. The lowest BCUT2D eigenvalue weighted by Crippen LogP contribution is -2.40. The molecule has 1 heterocycles. The molecule has 2 aliphatic rings. The second kappa shape index (κ2) is 2.39. The molecule has 0 saturated heterocycles. The van der Waals surface area contributed by atoms with Crippen LogP contribution in [0, 0.1) is 0 Å². The van der Waals surface area contributed by atoms with Crippen molar-refractivity contribution in [3.8, 4) is 0 Å². The zero-order valence-electron chi connectivity index (χ0n) is 5.75. The molecule has 0 fully saturated rings. The van der Waals surface area contributed by atoms with Gasteiger partial charge in [0.1, 0.15) is 0 Å². The fraction of sp³-hybridized carbons (Fsp3) is 0.375. The summed E-state index contributed by atoms with van der Waals surface area (Å²) in [6.45, 7) is 1.93. The van der Waals surface area contributed by atoms with Crippen molar-refractivity contribution in [2.45, 2.75) is 6.04 Å². The number of aliphatic imine (C=N–C) groups is 1. The summed E-state index contributed by atoms with van der Waals surface area (Å²) < 4.78 is 0. The van der Waals surface area contributed by atoms with Crippen LogP contribution in [0.1, 0.15) is 0 Å². The van der Waals surface area contributed by atoms with Gasteiger partial charge in [0.2, 0.25) is 0 Å². The van der Waals surface area contributed by atoms with Crippen LogP contribution in [0.3, 0.4) is 0 Å². The molecule has 2 heteroatoms. The summed E-state index contributed by atoms with van der Waals surface area (Å²) in [4.78, 5) is 4.37. The van der Waals surface area contributed by atoms with Crippen LogP contribution in [-0.4, -0.2) is 24.8 Å². The van der Waals surface area contributed by atoms with Crippen LogP contribution in [0.4, 0.5) is 0 Å². The number of rotatable bonds is 0. The van der Waals surface area contributed by atoms with E-state index in [-0.39, 0.29) is 0 Å². The molecule has 1 aliphatic carbocycles. The first-order chi connectivity index (χ1) is 4.97. The van der Waals surface area contributed by atoms with Gasteiger partial charge in [0.05, 0.1) is 18.3 Å². The molecule has 0 bridgehead atoms. The Morgan fingerprint density at radius 2 is 2.50 bits per heavy atom. The van der Waals surface area contributed by atoms with Gasteiger partial charge in [-0.3, -0.25) is 4.99 Å². The van der Waals surface area contributed by atoms with Crippen molar-refractivity contribution in [3.05, 3.63) is 24.3 Å². The summed E-state index contributed by atoms with van der Waals surface area (Å²) in [6.07, 6.45) is 8.29. The zero-order chi connectivity index (χ0) is 6.81. The van der Waals surface area contributed by atoms with E-state index in [9.17, 15) is 0 Å². The van der Waals surface area contributed by atoms with E-state index in [2.05, 4.69) is 28.5 Å². The summed E-state index contributed by atoms with van der Waals surface area (Å²) in [5.74, 6) is 0. The predicted octanol–water partition coefficient (Wildman–Crippen LogP) is 0.525. The normalized spacial score (nSPS) is 29.6. The third kappa shape index (κ3) is 0.907. The van der Waals surface area contributed by atoms with Gasteiger partial charge in [0.25, 0.3) is 0 Å². The Bertz CT molecular complexity index is 213. The molecule has 0 aromatic heterocycles. The minimum absolute atomic E-state index is 0.388. The number of hydrogen-bond donors (Lipinski definition) is 1. The summed E-state index contributed by atoms with van der Waals surface area (Å²) in [7, 11) is 0. The van der Waals surface area contributed by atoms with Crippen LogP contribution in [0.15, 0.2) is 29.3 Å². The maximum absolute atomic E-state index is 4.37. The van der Waals surface area contributed by atoms with Crippen molar-refractivity contribution in [3.63, 3.8) is 0 Å². The van der Waals surface area contributed by atoms with Gasteiger partial charge in [-0.2, -0.15) is 0 Å². The highest BCUT2D eigenvalue weighted by atomic mass is 15.0. The standard InChI is InChI=1S/C8H10N2/c1-2-4-8-7(3-1)9-5-6-10-8/h1-4,7,9H,5-6H2. The van der Waals surface area contributed by atoms with Crippen LogP contribution in [0.25, 0.3) is 0 Å². The monoisotopic (exact) mass is 134 g/mol. The van der Waals surface area contributed by atoms with Gasteiger partial charge in [-0.05, 0) is 6.08 Å². The van der Waals surface area contributed by atoms with Crippen molar-refractivity contribution in [1.29, 1.82) is 0 Å². The summed E-state index contributed by atoms with van der Waals surface area (Å²) in [5, 5.41) is 3.35. The summed E-state index contributed by atoms with van der Waals surface area (Å²) in [5.41, 5.74) is 1.17. The quantitative estimate of drug-likeness (QED) is 0.513. The molecule has 10 heavy (non-hydrogen) atoms. The van der Waals surface area contributed by atoms with E-state index in [1.54, 1.807) is 0 Å². The Hall–Kier alpha value is -0.890. The average Bonchev–Trinajstić information content (AvgIpc) is 2.05. The smallest absolute Gasteiger partial charge is 0.0680 e. The third-order valence-corrected chi connectivity index (χ3v) is 1.77. The maximum Gasteiger partial charge on any atom is 0.0680 e. The maximum atomic E-state index is 4.37. The second-order valence-electron chi connectivity index (χ2n) is 2.48. The molecule has 0 amide bonds. The highest BCUT2D eigenvalue weighted by Crippen LogP contribution is 2.03. The largest absolute Gasteiger partial charge is 0.304 e.